The molecule has 1 unspecified atom stereocenters. The Kier molecular flexibility index (Phi) is 9.30. The number of hydrogen-bond donors (Lipinski definition) is 1. The Hall–Kier alpha value is -2.40. The molecule has 33 heavy (non-hydrogen) atoms. The van der Waals surface area contributed by atoms with Gasteiger partial charge in [0.1, 0.15) is 6.10 Å². The number of aliphatic imine (C=N–C) groups is 1. The third-order valence-corrected chi connectivity index (χ3v) is 5.68. The predicted molar refractivity (Wildman–Crippen MR) is 141 cm³/mol. The number of aromatic nitrogens is 4. The standard InChI is InChI=1S/C24H33N7O.HI/c1-4-25-24(30-13-14-32-23(18-30)21-15-27-29(3)16-21)26-12-8-9-20-17-31(28-19(20)2)22-10-6-5-7-11-22;/h5-7,10-11,15-17,23H,4,8-9,12-14,18H2,1-3H3,(H,25,26);1H. The lowest BCUT2D eigenvalue weighted by molar-refractivity contribution is -0.00804. The summed E-state index contributed by atoms with van der Waals surface area (Å²) in [5.74, 6) is 0.960. The van der Waals surface area contributed by atoms with Crippen LogP contribution in [0.15, 0.2) is 53.9 Å². The van der Waals surface area contributed by atoms with Crippen LogP contribution >= 0.6 is 24.0 Å². The van der Waals surface area contributed by atoms with Gasteiger partial charge in [-0.15, -0.1) is 24.0 Å². The summed E-state index contributed by atoms with van der Waals surface area (Å²) in [5.41, 5.74) is 4.55. The molecule has 0 radical (unpaired) electrons. The fourth-order valence-electron chi connectivity index (χ4n) is 3.98. The second-order valence-corrected chi connectivity index (χ2v) is 8.11. The average molecular weight is 563 g/mol. The largest absolute Gasteiger partial charge is 0.370 e. The maximum absolute atomic E-state index is 5.98. The number of benzene rings is 1. The Morgan fingerprint density at radius 3 is 2.79 bits per heavy atom. The van der Waals surface area contributed by atoms with Gasteiger partial charge in [0.05, 0.1) is 30.7 Å². The van der Waals surface area contributed by atoms with Gasteiger partial charge in [0.15, 0.2) is 5.96 Å². The van der Waals surface area contributed by atoms with E-state index in [9.17, 15) is 0 Å². The van der Waals surface area contributed by atoms with Crippen molar-refractivity contribution in [1.29, 1.82) is 0 Å². The van der Waals surface area contributed by atoms with Gasteiger partial charge in [0.2, 0.25) is 0 Å². The fraction of sp³-hybridized carbons (Fsp3) is 0.458. The minimum atomic E-state index is 0. The quantitative estimate of drug-likeness (QED) is 0.206. The number of nitrogens with one attached hydrogen (secondary N) is 1. The molecule has 1 saturated heterocycles. The highest BCUT2D eigenvalue weighted by molar-refractivity contribution is 14.0. The van der Waals surface area contributed by atoms with Crippen LogP contribution in [0.4, 0.5) is 0 Å². The SMILES string of the molecule is CCNC(=NCCCc1cn(-c2ccccc2)nc1C)N1CCOC(c2cnn(C)c2)C1.I. The van der Waals surface area contributed by atoms with Crippen molar-refractivity contribution in [2.75, 3.05) is 32.8 Å². The van der Waals surface area contributed by atoms with E-state index >= 15 is 0 Å². The van der Waals surface area contributed by atoms with Crippen molar-refractivity contribution in [1.82, 2.24) is 29.8 Å². The molecule has 1 aliphatic heterocycles. The molecule has 1 N–H and O–H groups in total. The summed E-state index contributed by atoms with van der Waals surface area (Å²) in [6, 6.07) is 10.2. The highest BCUT2D eigenvalue weighted by Gasteiger charge is 2.25. The molecule has 1 aliphatic rings. The van der Waals surface area contributed by atoms with Crippen molar-refractivity contribution in [2.45, 2.75) is 32.8 Å². The minimum absolute atomic E-state index is 0. The second-order valence-electron chi connectivity index (χ2n) is 8.11. The summed E-state index contributed by atoms with van der Waals surface area (Å²) in [7, 11) is 1.93. The highest BCUT2D eigenvalue weighted by atomic mass is 127. The van der Waals surface area contributed by atoms with E-state index in [-0.39, 0.29) is 30.1 Å². The number of nitrogens with zero attached hydrogens (tertiary/aromatic N) is 6. The molecule has 8 nitrogen and oxygen atoms in total. The number of guanidine groups is 1. The van der Waals surface area contributed by atoms with Crippen LogP contribution in [0.25, 0.3) is 5.69 Å². The second kappa shape index (κ2) is 12.2. The topological polar surface area (TPSA) is 72.5 Å². The third kappa shape index (κ3) is 6.57. The summed E-state index contributed by atoms with van der Waals surface area (Å²) in [6.07, 6.45) is 8.01. The molecule has 4 rings (SSSR count). The van der Waals surface area contributed by atoms with Gasteiger partial charge in [-0.2, -0.15) is 10.2 Å². The van der Waals surface area contributed by atoms with Crippen LogP contribution in [0.3, 0.4) is 0 Å². The average Bonchev–Trinajstić information content (AvgIpc) is 3.42. The van der Waals surface area contributed by atoms with Crippen LogP contribution in [-0.4, -0.2) is 63.2 Å². The molecule has 3 heterocycles. The lowest BCUT2D eigenvalue weighted by Gasteiger charge is -2.34. The number of hydrogen-bond acceptors (Lipinski definition) is 4. The monoisotopic (exact) mass is 563 g/mol. The van der Waals surface area contributed by atoms with Crippen LogP contribution in [0.5, 0.6) is 0 Å². The maximum Gasteiger partial charge on any atom is 0.194 e. The van der Waals surface area contributed by atoms with Gasteiger partial charge in [0, 0.05) is 44.6 Å². The van der Waals surface area contributed by atoms with Crippen molar-refractivity contribution in [3.8, 4) is 5.69 Å². The first kappa shape index (κ1) is 25.2. The zero-order chi connectivity index (χ0) is 22.3. The van der Waals surface area contributed by atoms with Crippen molar-refractivity contribution >= 4 is 29.9 Å². The normalized spacial score (nSPS) is 16.5. The third-order valence-electron chi connectivity index (χ3n) is 5.68. The Morgan fingerprint density at radius 2 is 2.06 bits per heavy atom. The molecule has 178 valence electrons. The van der Waals surface area contributed by atoms with Crippen molar-refractivity contribution in [2.24, 2.45) is 12.0 Å². The van der Waals surface area contributed by atoms with E-state index in [0.717, 1.165) is 61.9 Å². The first-order chi connectivity index (χ1) is 15.6. The van der Waals surface area contributed by atoms with Gasteiger partial charge < -0.3 is 15.0 Å². The molecule has 0 amide bonds. The first-order valence-corrected chi connectivity index (χ1v) is 11.4. The van der Waals surface area contributed by atoms with E-state index in [0.29, 0.717) is 6.61 Å². The van der Waals surface area contributed by atoms with E-state index in [1.165, 1.54) is 5.56 Å². The molecule has 2 aromatic heterocycles. The highest BCUT2D eigenvalue weighted by Crippen LogP contribution is 2.21. The van der Waals surface area contributed by atoms with Crippen LogP contribution in [0.2, 0.25) is 0 Å². The van der Waals surface area contributed by atoms with E-state index in [1.807, 2.05) is 47.0 Å². The molecule has 0 aliphatic carbocycles. The van der Waals surface area contributed by atoms with Gasteiger partial charge in [-0.1, -0.05) is 18.2 Å². The number of morpholine rings is 1. The Balaban J connectivity index is 0.00000306. The number of ether oxygens (including phenoxy) is 1. The molecule has 1 fully saturated rings. The van der Waals surface area contributed by atoms with E-state index in [1.54, 1.807) is 0 Å². The van der Waals surface area contributed by atoms with E-state index in [2.05, 4.69) is 52.6 Å². The predicted octanol–water partition coefficient (Wildman–Crippen LogP) is 3.50. The molecular formula is C24H34IN7O. The van der Waals surface area contributed by atoms with Gasteiger partial charge in [-0.25, -0.2) is 4.68 Å². The van der Waals surface area contributed by atoms with Gasteiger partial charge in [0.25, 0.3) is 0 Å². The minimum Gasteiger partial charge on any atom is -0.370 e. The molecule has 0 bridgehead atoms. The summed E-state index contributed by atoms with van der Waals surface area (Å²) >= 11 is 0. The molecule has 3 aromatic rings. The van der Waals surface area contributed by atoms with Crippen LogP contribution in [0.1, 0.15) is 36.3 Å². The first-order valence-electron chi connectivity index (χ1n) is 11.4. The molecule has 0 spiro atoms. The van der Waals surface area contributed by atoms with Gasteiger partial charge in [-0.3, -0.25) is 9.67 Å². The van der Waals surface area contributed by atoms with E-state index < -0.39 is 0 Å². The lowest BCUT2D eigenvalue weighted by atomic mass is 10.1. The van der Waals surface area contributed by atoms with Crippen LogP contribution in [0, 0.1) is 6.92 Å². The molecule has 0 saturated carbocycles. The molecule has 9 heteroatoms. The zero-order valence-corrected chi connectivity index (χ0v) is 22.0. The number of aryl methyl sites for hydroxylation is 3. The molecule has 1 aromatic carbocycles. The smallest absolute Gasteiger partial charge is 0.194 e. The Morgan fingerprint density at radius 1 is 1.24 bits per heavy atom. The summed E-state index contributed by atoms with van der Waals surface area (Å²) in [4.78, 5) is 7.20. The summed E-state index contributed by atoms with van der Waals surface area (Å²) in [6.45, 7) is 8.10. The Labute approximate surface area is 213 Å². The van der Waals surface area contributed by atoms with Crippen LogP contribution in [-0.2, 0) is 18.2 Å². The van der Waals surface area contributed by atoms with Crippen LogP contribution < -0.4 is 5.32 Å². The lowest BCUT2D eigenvalue weighted by Crippen LogP contribution is -2.48. The zero-order valence-electron chi connectivity index (χ0n) is 19.6. The van der Waals surface area contributed by atoms with Crippen molar-refractivity contribution in [3.05, 3.63) is 65.7 Å². The van der Waals surface area contributed by atoms with Gasteiger partial charge in [-0.05, 0) is 44.4 Å². The number of halogens is 1. The van der Waals surface area contributed by atoms with Crippen molar-refractivity contribution < 1.29 is 4.74 Å². The summed E-state index contributed by atoms with van der Waals surface area (Å²) in [5, 5.41) is 12.4. The Bertz CT molecular complexity index is 1030. The fourth-order valence-corrected chi connectivity index (χ4v) is 3.98. The number of para-hydroxylation sites is 1. The van der Waals surface area contributed by atoms with E-state index in [4.69, 9.17) is 9.73 Å². The number of rotatable bonds is 7. The maximum atomic E-state index is 5.98. The molecular weight excluding hydrogens is 529 g/mol. The van der Waals surface area contributed by atoms with Gasteiger partial charge >= 0.3 is 0 Å². The van der Waals surface area contributed by atoms with Crippen molar-refractivity contribution in [3.63, 3.8) is 0 Å². The molecule has 1 atom stereocenters. The summed E-state index contributed by atoms with van der Waals surface area (Å²) < 4.78 is 9.77.